The van der Waals surface area contributed by atoms with Crippen LogP contribution in [0.5, 0.6) is 0 Å². The van der Waals surface area contributed by atoms with Crippen molar-refractivity contribution in [2.45, 2.75) is 20.8 Å². The lowest BCUT2D eigenvalue weighted by atomic mass is 9.85. The van der Waals surface area contributed by atoms with Crippen LogP contribution in [0.3, 0.4) is 0 Å². The van der Waals surface area contributed by atoms with Crippen LogP contribution in [0.4, 0.5) is 0 Å². The van der Waals surface area contributed by atoms with E-state index in [1.807, 2.05) is 55.1 Å². The van der Waals surface area contributed by atoms with Gasteiger partial charge in [-0.3, -0.25) is 9.59 Å². The van der Waals surface area contributed by atoms with Crippen molar-refractivity contribution in [1.82, 2.24) is 14.9 Å². The summed E-state index contributed by atoms with van der Waals surface area (Å²) < 4.78 is 1.86. The maximum absolute atomic E-state index is 12.7. The molecule has 0 spiro atoms. The smallest absolute Gasteiger partial charge is 0.289 e. The van der Waals surface area contributed by atoms with Gasteiger partial charge in [0.1, 0.15) is 4.88 Å². The second-order valence-corrected chi connectivity index (χ2v) is 7.52. The van der Waals surface area contributed by atoms with Crippen LogP contribution in [-0.4, -0.2) is 27.1 Å². The zero-order chi connectivity index (χ0) is 19.1. The number of rotatable bonds is 2. The summed E-state index contributed by atoms with van der Waals surface area (Å²) in [6.45, 7) is 5.57. The van der Waals surface area contributed by atoms with E-state index in [2.05, 4.69) is 15.3 Å². The van der Waals surface area contributed by atoms with E-state index in [9.17, 15) is 9.59 Å². The molecule has 6 nitrogen and oxygen atoms in total. The van der Waals surface area contributed by atoms with Gasteiger partial charge in [0.15, 0.2) is 5.13 Å². The molecule has 0 saturated carbocycles. The molecule has 1 aliphatic heterocycles. The van der Waals surface area contributed by atoms with Gasteiger partial charge >= 0.3 is 0 Å². The molecule has 1 unspecified atom stereocenters. The minimum Gasteiger partial charge on any atom is -0.325 e. The van der Waals surface area contributed by atoms with Gasteiger partial charge in [-0.05, 0) is 45.1 Å². The van der Waals surface area contributed by atoms with Crippen LogP contribution in [-0.2, 0) is 4.79 Å². The van der Waals surface area contributed by atoms with Crippen LogP contribution in [0.1, 0.15) is 29.2 Å². The van der Waals surface area contributed by atoms with Crippen LogP contribution in [0, 0.1) is 12.8 Å². The zero-order valence-electron chi connectivity index (χ0n) is 15.2. The molecule has 2 amide bonds. The Morgan fingerprint density at radius 3 is 2.74 bits per heavy atom. The number of aliphatic imine (C=N–C) groups is 1. The number of thiazole rings is 1. The first kappa shape index (κ1) is 17.4. The standard InChI is InChI=1S/C20H18N4O2S/c1-11-12(2)18(25)23-16-10-14(6-7-15(11)16)22-19(26)17-13(3)21-20(27-17)24-8-4-5-9-24/h4-10,15H,1-3H3,(H,23,25). The molecule has 0 fully saturated rings. The van der Waals surface area contributed by atoms with Crippen LogP contribution < -0.4 is 5.32 Å². The second-order valence-electron chi connectivity index (χ2n) is 6.54. The van der Waals surface area contributed by atoms with Crippen LogP contribution in [0.15, 0.2) is 64.6 Å². The summed E-state index contributed by atoms with van der Waals surface area (Å²) in [6, 6.07) is 3.81. The van der Waals surface area contributed by atoms with Gasteiger partial charge in [-0.25, -0.2) is 9.98 Å². The maximum atomic E-state index is 12.7. The van der Waals surface area contributed by atoms with E-state index in [0.29, 0.717) is 16.3 Å². The molecule has 136 valence electrons. The lowest BCUT2D eigenvalue weighted by Gasteiger charge is -2.28. The molecule has 0 saturated heterocycles. The number of allylic oxidation sites excluding steroid dienone is 3. The maximum Gasteiger partial charge on any atom is 0.289 e. The van der Waals surface area contributed by atoms with E-state index in [4.69, 9.17) is 0 Å². The fourth-order valence-electron chi connectivity index (χ4n) is 3.11. The third-order valence-electron chi connectivity index (χ3n) is 4.79. The first-order chi connectivity index (χ1) is 12.9. The molecular weight excluding hydrogens is 360 g/mol. The number of nitrogens with one attached hydrogen (secondary N) is 1. The number of hydrogen-bond acceptors (Lipinski definition) is 4. The van der Waals surface area contributed by atoms with E-state index in [1.54, 1.807) is 13.0 Å². The van der Waals surface area contributed by atoms with E-state index < -0.39 is 0 Å². The molecular formula is C20H18N4O2S. The number of carbonyl (C=O) groups is 2. The van der Waals surface area contributed by atoms with Crippen molar-refractivity contribution >= 4 is 28.9 Å². The van der Waals surface area contributed by atoms with Gasteiger partial charge < -0.3 is 9.88 Å². The number of aromatic nitrogens is 2. The van der Waals surface area contributed by atoms with Gasteiger partial charge in [-0.1, -0.05) is 23.0 Å². The van der Waals surface area contributed by atoms with Crippen LogP contribution in [0.25, 0.3) is 5.13 Å². The fraction of sp³-hybridized carbons (Fsp3) is 0.200. The summed E-state index contributed by atoms with van der Waals surface area (Å²) in [5, 5.41) is 3.61. The number of nitrogens with zero attached hydrogens (tertiary/aromatic N) is 3. The van der Waals surface area contributed by atoms with Crippen molar-refractivity contribution in [3.63, 3.8) is 0 Å². The Morgan fingerprint density at radius 1 is 1.26 bits per heavy atom. The highest BCUT2D eigenvalue weighted by molar-refractivity contribution is 7.16. The minimum atomic E-state index is -0.330. The Bertz CT molecular complexity index is 1070. The molecule has 0 bridgehead atoms. The average Bonchev–Trinajstić information content (AvgIpc) is 3.29. The van der Waals surface area contributed by atoms with Gasteiger partial charge in [0, 0.05) is 29.6 Å². The highest BCUT2D eigenvalue weighted by Gasteiger charge is 2.27. The first-order valence-corrected chi connectivity index (χ1v) is 9.38. The number of aryl methyl sites for hydroxylation is 1. The fourth-order valence-corrected chi connectivity index (χ4v) is 4.03. The van der Waals surface area contributed by atoms with Gasteiger partial charge in [-0.2, -0.15) is 0 Å². The van der Waals surface area contributed by atoms with Crippen LogP contribution in [0.2, 0.25) is 0 Å². The molecule has 3 heterocycles. The lowest BCUT2D eigenvalue weighted by Crippen LogP contribution is -2.35. The van der Waals surface area contributed by atoms with E-state index >= 15 is 0 Å². The number of carbonyl (C=O) groups excluding carboxylic acids is 2. The zero-order valence-corrected chi connectivity index (χ0v) is 16.0. The van der Waals surface area contributed by atoms with Crippen molar-refractivity contribution in [2.75, 3.05) is 0 Å². The molecule has 2 aliphatic rings. The molecule has 1 N–H and O–H groups in total. The minimum absolute atomic E-state index is 0.0298. The van der Waals surface area contributed by atoms with Gasteiger partial charge in [0.2, 0.25) is 0 Å². The quantitative estimate of drug-likeness (QED) is 0.871. The van der Waals surface area contributed by atoms with E-state index in [0.717, 1.165) is 22.0 Å². The Hall–Kier alpha value is -3.06. The molecule has 2 aromatic heterocycles. The third-order valence-corrected chi connectivity index (χ3v) is 5.95. The Balaban J connectivity index is 1.62. The lowest BCUT2D eigenvalue weighted by molar-refractivity contribution is -0.117. The molecule has 2 aromatic rings. The third kappa shape index (κ3) is 3.10. The van der Waals surface area contributed by atoms with Gasteiger partial charge in [0.05, 0.1) is 11.4 Å². The summed E-state index contributed by atoms with van der Waals surface area (Å²) in [7, 11) is 0. The molecule has 0 radical (unpaired) electrons. The Labute approximate surface area is 160 Å². The summed E-state index contributed by atoms with van der Waals surface area (Å²) >= 11 is 1.31. The molecule has 27 heavy (non-hydrogen) atoms. The topological polar surface area (TPSA) is 76.3 Å². The summed E-state index contributed by atoms with van der Waals surface area (Å²) in [6.07, 6.45) is 9.32. The van der Waals surface area contributed by atoms with E-state index in [1.165, 1.54) is 11.3 Å². The number of hydrogen-bond donors (Lipinski definition) is 1. The summed E-state index contributed by atoms with van der Waals surface area (Å²) in [4.78, 5) is 33.9. The molecule has 7 heteroatoms. The number of amides is 2. The molecule has 1 aliphatic carbocycles. The Morgan fingerprint density at radius 2 is 2.00 bits per heavy atom. The molecule has 1 atom stereocenters. The van der Waals surface area contributed by atoms with Gasteiger partial charge in [-0.15, -0.1) is 0 Å². The normalized spacial score (nSPS) is 20.6. The van der Waals surface area contributed by atoms with Crippen molar-refractivity contribution in [2.24, 2.45) is 10.9 Å². The summed E-state index contributed by atoms with van der Waals surface area (Å²) in [5.74, 6) is -0.406. The second kappa shape index (κ2) is 6.59. The summed E-state index contributed by atoms with van der Waals surface area (Å²) in [5.41, 5.74) is 3.68. The first-order valence-electron chi connectivity index (χ1n) is 8.56. The van der Waals surface area contributed by atoms with Crippen molar-refractivity contribution < 1.29 is 9.59 Å². The van der Waals surface area contributed by atoms with Crippen molar-refractivity contribution in [1.29, 1.82) is 0 Å². The van der Waals surface area contributed by atoms with Crippen molar-refractivity contribution in [3.05, 3.63) is 70.2 Å². The van der Waals surface area contributed by atoms with Crippen molar-refractivity contribution in [3.8, 4) is 5.13 Å². The predicted molar refractivity (Wildman–Crippen MR) is 105 cm³/mol. The monoisotopic (exact) mass is 378 g/mol. The predicted octanol–water partition coefficient (Wildman–Crippen LogP) is 3.36. The SMILES string of the molecule is CC1=C(C)C2C=CC(=NC(=O)c3sc(-n4cccc4)nc3C)C=C2NC1=O. The Kier molecular flexibility index (Phi) is 4.24. The highest BCUT2D eigenvalue weighted by atomic mass is 32.1. The number of fused-ring (bicyclic) bond motifs is 1. The highest BCUT2D eigenvalue weighted by Crippen LogP contribution is 2.30. The largest absolute Gasteiger partial charge is 0.325 e. The molecule has 4 rings (SSSR count). The van der Waals surface area contributed by atoms with E-state index in [-0.39, 0.29) is 17.7 Å². The average molecular weight is 378 g/mol. The van der Waals surface area contributed by atoms with Gasteiger partial charge in [0.25, 0.3) is 11.8 Å². The van der Waals surface area contributed by atoms with Crippen LogP contribution >= 0.6 is 11.3 Å². The molecule has 0 aromatic carbocycles.